The third kappa shape index (κ3) is 1.65. The first-order valence-electron chi connectivity index (χ1n) is 4.01. The minimum absolute atomic E-state index is 0.0500. The van der Waals surface area contributed by atoms with E-state index in [9.17, 15) is 0 Å². The van der Waals surface area contributed by atoms with Crippen molar-refractivity contribution in [2.45, 2.75) is 18.8 Å². The lowest BCUT2D eigenvalue weighted by atomic mass is 10.4. The molecule has 0 aliphatic carbocycles. The minimum atomic E-state index is -0.128. The number of rotatable bonds is 2. The average Bonchev–Trinajstić information content (AvgIpc) is 2.75. The third-order valence-electron chi connectivity index (χ3n) is 1.85. The van der Waals surface area contributed by atoms with Gasteiger partial charge < -0.3 is 5.11 Å². The molecule has 4 nitrogen and oxygen atoms in total. The van der Waals surface area contributed by atoms with Crippen LogP contribution in [-0.4, -0.2) is 29.9 Å². The molecule has 2 unspecified atom stereocenters. The predicted octanol–water partition coefficient (Wildman–Crippen LogP) is -0.224. The van der Waals surface area contributed by atoms with Gasteiger partial charge in [-0.05, 0) is 6.42 Å². The zero-order valence-corrected chi connectivity index (χ0v) is 7.43. The summed E-state index contributed by atoms with van der Waals surface area (Å²) in [6.07, 6.45) is 3.10. The molecule has 0 radical (unpaired) electrons. The Balaban J connectivity index is 1.90. The summed E-state index contributed by atoms with van der Waals surface area (Å²) in [5.74, 6) is 1.14. The summed E-state index contributed by atoms with van der Waals surface area (Å²) >= 11 is 1.80. The van der Waals surface area contributed by atoms with Crippen LogP contribution in [0, 0.1) is 0 Å². The van der Waals surface area contributed by atoms with Crippen molar-refractivity contribution in [3.8, 4) is 0 Å². The van der Waals surface area contributed by atoms with Gasteiger partial charge >= 0.3 is 0 Å². The predicted molar refractivity (Wildman–Crippen MR) is 47.2 cm³/mol. The molecule has 0 amide bonds. The molecule has 0 aromatic carbocycles. The van der Waals surface area contributed by atoms with Crippen molar-refractivity contribution in [2.24, 2.45) is 0 Å². The monoisotopic (exact) mass is 188 g/mol. The summed E-state index contributed by atoms with van der Waals surface area (Å²) in [5.41, 5.74) is 2.72. The van der Waals surface area contributed by atoms with Gasteiger partial charge in [0.2, 0.25) is 0 Å². The van der Waals surface area contributed by atoms with Gasteiger partial charge in [0.15, 0.2) is 6.23 Å². The maximum atomic E-state index is 8.80. The number of hydrogen-bond acceptors (Lipinski definition) is 5. The summed E-state index contributed by atoms with van der Waals surface area (Å²) in [5, 5.41) is 11.9. The summed E-state index contributed by atoms with van der Waals surface area (Å²) in [4.78, 5) is 6.45. The lowest BCUT2D eigenvalue weighted by Gasteiger charge is -2.08. The van der Waals surface area contributed by atoms with Crippen LogP contribution in [-0.2, 0) is 4.84 Å². The molecule has 2 atom stereocenters. The number of aliphatic hydroxyl groups is 1. The van der Waals surface area contributed by atoms with E-state index in [0.717, 1.165) is 12.2 Å². The van der Waals surface area contributed by atoms with Crippen molar-refractivity contribution in [3.05, 3.63) is 11.0 Å². The first kappa shape index (κ1) is 8.52. The van der Waals surface area contributed by atoms with E-state index in [1.807, 2.05) is 0 Å². The van der Waals surface area contributed by atoms with Crippen molar-refractivity contribution < 1.29 is 9.94 Å². The van der Waals surface area contributed by atoms with Crippen LogP contribution in [0.25, 0.3) is 0 Å². The topological polar surface area (TPSA) is 53.5 Å². The van der Waals surface area contributed by atoms with E-state index < -0.39 is 0 Å². The molecule has 2 rings (SSSR count). The number of hydrogen-bond donors (Lipinski definition) is 3. The molecule has 0 bridgehead atoms. The van der Waals surface area contributed by atoms with Crippen molar-refractivity contribution >= 4 is 11.8 Å². The second-order valence-corrected chi connectivity index (χ2v) is 3.93. The van der Waals surface area contributed by atoms with Gasteiger partial charge in [-0.25, -0.2) is 0 Å². The number of thioether (sulfide) groups is 1. The zero-order chi connectivity index (χ0) is 8.39. The summed E-state index contributed by atoms with van der Waals surface area (Å²) < 4.78 is 0. The van der Waals surface area contributed by atoms with Crippen LogP contribution >= 0.6 is 11.8 Å². The van der Waals surface area contributed by atoms with Crippen LogP contribution in [0.4, 0.5) is 0 Å². The number of nitrogens with one attached hydrogen (secondary N) is 2. The Kier molecular flexibility index (Phi) is 2.67. The van der Waals surface area contributed by atoms with Gasteiger partial charge in [0.05, 0.1) is 6.61 Å². The highest BCUT2D eigenvalue weighted by Gasteiger charge is 2.27. The fourth-order valence-electron chi connectivity index (χ4n) is 1.25. The fraction of sp³-hybridized carbons (Fsp3) is 0.714. The highest BCUT2D eigenvalue weighted by molar-refractivity contribution is 8.03. The van der Waals surface area contributed by atoms with Crippen LogP contribution in [0.5, 0.6) is 0 Å². The van der Waals surface area contributed by atoms with Gasteiger partial charge in [-0.3, -0.25) is 10.2 Å². The summed E-state index contributed by atoms with van der Waals surface area (Å²) in [7, 11) is 0. The molecule has 2 aliphatic rings. The van der Waals surface area contributed by atoms with Gasteiger partial charge in [0.25, 0.3) is 0 Å². The first-order chi connectivity index (χ1) is 5.90. The van der Waals surface area contributed by atoms with Crippen molar-refractivity contribution in [1.29, 1.82) is 0 Å². The van der Waals surface area contributed by atoms with Gasteiger partial charge in [0, 0.05) is 10.7 Å². The summed E-state index contributed by atoms with van der Waals surface area (Å²) in [6.45, 7) is 0.0500. The first-order valence-corrected chi connectivity index (χ1v) is 4.99. The normalized spacial score (nSPS) is 35.6. The Morgan fingerprint density at radius 1 is 1.75 bits per heavy atom. The van der Waals surface area contributed by atoms with Crippen molar-refractivity contribution in [2.75, 3.05) is 12.4 Å². The van der Waals surface area contributed by atoms with Gasteiger partial charge in [-0.2, -0.15) is 5.48 Å². The minimum Gasteiger partial charge on any atom is -0.393 e. The highest BCUT2D eigenvalue weighted by Crippen LogP contribution is 2.28. The Bertz CT molecular complexity index is 198. The standard InChI is InChI=1S/C7H12N2O2S/c10-4-6-8-7(11-9-6)5-2-1-3-12-5/h2,6-10H,1,3-4H2. The second kappa shape index (κ2) is 3.76. The van der Waals surface area contributed by atoms with Gasteiger partial charge in [-0.15, -0.1) is 11.8 Å². The van der Waals surface area contributed by atoms with Crippen molar-refractivity contribution in [3.63, 3.8) is 0 Å². The number of aliphatic hydroxyl groups excluding tert-OH is 1. The maximum Gasteiger partial charge on any atom is 0.162 e. The van der Waals surface area contributed by atoms with E-state index >= 15 is 0 Å². The van der Waals surface area contributed by atoms with E-state index in [1.54, 1.807) is 11.8 Å². The van der Waals surface area contributed by atoms with Crippen LogP contribution in [0.2, 0.25) is 0 Å². The van der Waals surface area contributed by atoms with Crippen LogP contribution < -0.4 is 10.8 Å². The maximum absolute atomic E-state index is 8.80. The van der Waals surface area contributed by atoms with Crippen molar-refractivity contribution in [1.82, 2.24) is 10.8 Å². The quantitative estimate of drug-likeness (QED) is 0.559. The Morgan fingerprint density at radius 3 is 3.25 bits per heavy atom. The molecule has 0 saturated carbocycles. The lowest BCUT2D eigenvalue weighted by molar-refractivity contribution is 0.0402. The lowest BCUT2D eigenvalue weighted by Crippen LogP contribution is -2.36. The molecule has 12 heavy (non-hydrogen) atoms. The Labute approximate surface area is 75.3 Å². The zero-order valence-electron chi connectivity index (χ0n) is 6.62. The van der Waals surface area contributed by atoms with Gasteiger partial charge in [0.1, 0.15) is 6.17 Å². The van der Waals surface area contributed by atoms with E-state index in [0.29, 0.717) is 0 Å². The van der Waals surface area contributed by atoms with E-state index in [1.165, 1.54) is 4.91 Å². The molecule has 3 N–H and O–H groups in total. The molecule has 0 aromatic heterocycles. The Morgan fingerprint density at radius 2 is 2.67 bits per heavy atom. The smallest absolute Gasteiger partial charge is 0.162 e. The molecule has 2 heterocycles. The molecule has 0 spiro atoms. The van der Waals surface area contributed by atoms with Crippen LogP contribution in [0.1, 0.15) is 6.42 Å². The number of hydroxylamine groups is 1. The number of allylic oxidation sites excluding steroid dienone is 1. The largest absolute Gasteiger partial charge is 0.393 e. The molecule has 2 aliphatic heterocycles. The Hall–Kier alpha value is -0.0700. The highest BCUT2D eigenvalue weighted by atomic mass is 32.2. The SMILES string of the molecule is OCC1NOC(C2=CCCS2)N1. The molecule has 5 heteroatoms. The van der Waals surface area contributed by atoms with E-state index in [2.05, 4.69) is 16.9 Å². The molecular formula is C7H12N2O2S. The summed E-state index contributed by atoms with van der Waals surface area (Å²) in [6, 6.07) is 0. The molecule has 1 fully saturated rings. The third-order valence-corrected chi connectivity index (χ3v) is 3.01. The molecule has 1 saturated heterocycles. The fourth-order valence-corrected chi connectivity index (χ4v) is 2.23. The van der Waals surface area contributed by atoms with E-state index in [-0.39, 0.29) is 19.0 Å². The molecule has 68 valence electrons. The van der Waals surface area contributed by atoms with E-state index in [4.69, 9.17) is 9.94 Å². The average molecular weight is 188 g/mol. The van der Waals surface area contributed by atoms with Crippen LogP contribution in [0.3, 0.4) is 0 Å². The van der Waals surface area contributed by atoms with Gasteiger partial charge in [-0.1, -0.05) is 6.08 Å². The van der Waals surface area contributed by atoms with Crippen LogP contribution in [0.15, 0.2) is 11.0 Å². The molecule has 0 aromatic rings. The second-order valence-electron chi connectivity index (χ2n) is 2.76. The molecular weight excluding hydrogens is 176 g/mol.